The normalized spacial score (nSPS) is 11.8. The SMILES string of the molecule is CCCCCCCC/C=C\CCCCCCCCCC(=O)O/C=C/CCCCCCCCCCCCCCCCCCCC. The van der Waals surface area contributed by atoms with Crippen LogP contribution < -0.4 is 0 Å². The molecule has 0 fully saturated rings. The topological polar surface area (TPSA) is 26.3 Å². The molecule has 2 nitrogen and oxygen atoms in total. The molecule has 0 aliphatic rings. The molecule has 0 saturated carbocycles. The highest BCUT2D eigenvalue weighted by Crippen LogP contribution is 2.15. The monoisotopic (exact) mass is 617 g/mol. The Morgan fingerprint density at radius 2 is 0.636 bits per heavy atom. The highest BCUT2D eigenvalue weighted by atomic mass is 16.5. The number of allylic oxidation sites excluding steroid dienone is 3. The van der Waals surface area contributed by atoms with Crippen LogP contribution in [0.1, 0.15) is 239 Å². The molecular weight excluding hydrogens is 536 g/mol. The Bertz CT molecular complexity index is 593. The van der Waals surface area contributed by atoms with Crippen molar-refractivity contribution in [3.8, 4) is 0 Å². The zero-order valence-electron chi connectivity index (χ0n) is 30.4. The van der Waals surface area contributed by atoms with Gasteiger partial charge in [-0.05, 0) is 51.0 Å². The van der Waals surface area contributed by atoms with E-state index in [1.54, 1.807) is 6.26 Å². The van der Waals surface area contributed by atoms with Gasteiger partial charge < -0.3 is 4.74 Å². The van der Waals surface area contributed by atoms with Gasteiger partial charge in [-0.3, -0.25) is 4.79 Å². The van der Waals surface area contributed by atoms with E-state index in [0.29, 0.717) is 6.42 Å². The fourth-order valence-corrected chi connectivity index (χ4v) is 6.11. The molecule has 0 radical (unpaired) electrons. The van der Waals surface area contributed by atoms with Crippen molar-refractivity contribution in [2.45, 2.75) is 239 Å². The standard InChI is InChI=1S/C42H80O2/c1-3-5-7-9-11-13-15-17-19-21-22-23-25-27-29-31-33-35-37-39-41-44-42(43)40-38-36-34-32-30-28-26-24-20-18-16-14-12-10-8-6-4-2/h18,20,39,41H,3-17,19,21-38,40H2,1-2H3/b20-18-,41-39+. The summed E-state index contributed by atoms with van der Waals surface area (Å²) in [4.78, 5) is 11.9. The van der Waals surface area contributed by atoms with Crippen LogP contribution in [0.25, 0.3) is 0 Å². The lowest BCUT2D eigenvalue weighted by molar-refractivity contribution is -0.138. The fraction of sp³-hybridized carbons (Fsp3) is 0.881. The van der Waals surface area contributed by atoms with Crippen LogP contribution in [-0.4, -0.2) is 5.97 Å². The van der Waals surface area contributed by atoms with Gasteiger partial charge in [0.25, 0.3) is 0 Å². The van der Waals surface area contributed by atoms with Crippen molar-refractivity contribution in [3.63, 3.8) is 0 Å². The molecule has 0 saturated heterocycles. The minimum atomic E-state index is -0.0631. The van der Waals surface area contributed by atoms with E-state index in [4.69, 9.17) is 4.74 Å². The Morgan fingerprint density at radius 3 is 0.977 bits per heavy atom. The molecule has 260 valence electrons. The lowest BCUT2D eigenvalue weighted by Crippen LogP contribution is -1.98. The molecule has 0 heterocycles. The molecule has 0 bridgehead atoms. The second-order valence-electron chi connectivity index (χ2n) is 13.7. The lowest BCUT2D eigenvalue weighted by atomic mass is 10.0. The van der Waals surface area contributed by atoms with E-state index >= 15 is 0 Å². The second-order valence-corrected chi connectivity index (χ2v) is 13.7. The summed E-state index contributed by atoms with van der Waals surface area (Å²) >= 11 is 0. The number of hydrogen-bond acceptors (Lipinski definition) is 2. The molecule has 0 aromatic rings. The lowest BCUT2D eigenvalue weighted by Gasteiger charge is -2.03. The van der Waals surface area contributed by atoms with Crippen LogP contribution in [0.2, 0.25) is 0 Å². The minimum absolute atomic E-state index is 0.0631. The number of carbonyl (C=O) groups excluding carboxylic acids is 1. The van der Waals surface area contributed by atoms with Gasteiger partial charge in [0.1, 0.15) is 0 Å². The fourth-order valence-electron chi connectivity index (χ4n) is 6.11. The van der Waals surface area contributed by atoms with E-state index in [0.717, 1.165) is 19.3 Å². The van der Waals surface area contributed by atoms with Crippen LogP contribution in [-0.2, 0) is 9.53 Å². The van der Waals surface area contributed by atoms with E-state index < -0.39 is 0 Å². The Kier molecular flexibility index (Phi) is 39.0. The molecule has 0 aromatic heterocycles. The van der Waals surface area contributed by atoms with Crippen LogP contribution in [0, 0.1) is 0 Å². The van der Waals surface area contributed by atoms with Crippen molar-refractivity contribution in [1.82, 2.24) is 0 Å². The number of carbonyl (C=O) groups is 1. The predicted octanol–water partition coefficient (Wildman–Crippen LogP) is 15.3. The van der Waals surface area contributed by atoms with Crippen LogP contribution >= 0.6 is 0 Å². The maximum atomic E-state index is 11.9. The Labute approximate surface area is 278 Å². The van der Waals surface area contributed by atoms with Crippen LogP contribution in [0.15, 0.2) is 24.5 Å². The third-order valence-corrected chi connectivity index (χ3v) is 9.16. The average Bonchev–Trinajstić information content (AvgIpc) is 3.03. The van der Waals surface area contributed by atoms with E-state index in [1.807, 2.05) is 6.08 Å². The van der Waals surface area contributed by atoms with Crippen molar-refractivity contribution in [3.05, 3.63) is 24.5 Å². The van der Waals surface area contributed by atoms with Crippen molar-refractivity contribution >= 4 is 5.97 Å². The van der Waals surface area contributed by atoms with Gasteiger partial charge in [-0.15, -0.1) is 0 Å². The first-order valence-electron chi connectivity index (χ1n) is 20.3. The maximum absolute atomic E-state index is 11.9. The summed E-state index contributed by atoms with van der Waals surface area (Å²) in [5, 5.41) is 0. The van der Waals surface area contributed by atoms with Gasteiger partial charge in [0.2, 0.25) is 0 Å². The third kappa shape index (κ3) is 39.0. The van der Waals surface area contributed by atoms with Crippen LogP contribution in [0.3, 0.4) is 0 Å². The minimum Gasteiger partial charge on any atom is -0.435 e. The Balaban J connectivity index is 3.23. The molecule has 0 atom stereocenters. The second kappa shape index (κ2) is 40.0. The Hall–Kier alpha value is -1.05. The molecule has 0 aromatic carbocycles. The van der Waals surface area contributed by atoms with Gasteiger partial charge >= 0.3 is 5.97 Å². The average molecular weight is 617 g/mol. The molecule has 2 heteroatoms. The molecule has 0 unspecified atom stereocenters. The van der Waals surface area contributed by atoms with Crippen LogP contribution in [0.4, 0.5) is 0 Å². The molecule has 0 spiro atoms. The van der Waals surface area contributed by atoms with Crippen LogP contribution in [0.5, 0.6) is 0 Å². The summed E-state index contributed by atoms with van der Waals surface area (Å²) in [6.07, 6.45) is 54.9. The quantitative estimate of drug-likeness (QED) is 0.0300. The number of esters is 1. The zero-order valence-corrected chi connectivity index (χ0v) is 30.4. The van der Waals surface area contributed by atoms with E-state index in [-0.39, 0.29) is 5.97 Å². The van der Waals surface area contributed by atoms with Gasteiger partial charge in [0.15, 0.2) is 0 Å². The first-order valence-corrected chi connectivity index (χ1v) is 20.3. The Morgan fingerprint density at radius 1 is 0.364 bits per heavy atom. The first kappa shape index (κ1) is 43.0. The number of unbranched alkanes of at least 4 members (excludes halogenated alkanes) is 31. The van der Waals surface area contributed by atoms with E-state index in [2.05, 4.69) is 26.0 Å². The maximum Gasteiger partial charge on any atom is 0.310 e. The number of rotatable bonds is 37. The summed E-state index contributed by atoms with van der Waals surface area (Å²) in [6.45, 7) is 4.58. The molecule has 0 rings (SSSR count). The van der Waals surface area contributed by atoms with Gasteiger partial charge in [0, 0.05) is 6.42 Å². The molecule has 44 heavy (non-hydrogen) atoms. The molecule has 0 aliphatic heterocycles. The van der Waals surface area contributed by atoms with E-state index in [9.17, 15) is 4.79 Å². The van der Waals surface area contributed by atoms with Crippen molar-refractivity contribution in [1.29, 1.82) is 0 Å². The molecule has 0 amide bonds. The van der Waals surface area contributed by atoms with E-state index in [1.165, 1.54) is 199 Å². The molecule has 0 N–H and O–H groups in total. The van der Waals surface area contributed by atoms with Gasteiger partial charge in [-0.25, -0.2) is 0 Å². The highest BCUT2D eigenvalue weighted by Gasteiger charge is 2.01. The first-order chi connectivity index (χ1) is 21.8. The smallest absolute Gasteiger partial charge is 0.310 e. The van der Waals surface area contributed by atoms with Crippen molar-refractivity contribution in [2.24, 2.45) is 0 Å². The largest absolute Gasteiger partial charge is 0.435 e. The summed E-state index contributed by atoms with van der Waals surface area (Å²) in [5.41, 5.74) is 0. The zero-order chi connectivity index (χ0) is 31.9. The molecule has 0 aliphatic carbocycles. The predicted molar refractivity (Wildman–Crippen MR) is 197 cm³/mol. The van der Waals surface area contributed by atoms with Gasteiger partial charge in [0.05, 0.1) is 6.26 Å². The summed E-state index contributed by atoms with van der Waals surface area (Å²) in [6, 6.07) is 0. The number of hydrogen-bond donors (Lipinski definition) is 0. The molecular formula is C42H80O2. The third-order valence-electron chi connectivity index (χ3n) is 9.16. The van der Waals surface area contributed by atoms with Crippen molar-refractivity contribution < 1.29 is 9.53 Å². The van der Waals surface area contributed by atoms with Crippen molar-refractivity contribution in [2.75, 3.05) is 0 Å². The highest BCUT2D eigenvalue weighted by molar-refractivity contribution is 5.69. The summed E-state index contributed by atoms with van der Waals surface area (Å²) in [5.74, 6) is -0.0631. The van der Waals surface area contributed by atoms with Gasteiger partial charge in [-0.2, -0.15) is 0 Å². The summed E-state index contributed by atoms with van der Waals surface area (Å²) < 4.78 is 5.28. The summed E-state index contributed by atoms with van der Waals surface area (Å²) in [7, 11) is 0. The number of ether oxygens (including phenoxy) is 1. The van der Waals surface area contributed by atoms with Gasteiger partial charge in [-0.1, -0.05) is 199 Å².